The lowest BCUT2D eigenvalue weighted by molar-refractivity contribution is -0.140. The monoisotopic (exact) mass is 691 g/mol. The van der Waals surface area contributed by atoms with Gasteiger partial charge in [0, 0.05) is 23.5 Å². The fraction of sp³-hybridized carbons (Fsp3) is 0.257. The van der Waals surface area contributed by atoms with E-state index in [4.69, 9.17) is 4.74 Å². The van der Waals surface area contributed by atoms with E-state index in [0.29, 0.717) is 11.4 Å². The summed E-state index contributed by atoms with van der Waals surface area (Å²) in [5.74, 6) is -0.336. The number of methoxy groups -OCH3 is 1. The van der Waals surface area contributed by atoms with Crippen LogP contribution in [-0.4, -0.2) is 50.9 Å². The van der Waals surface area contributed by atoms with E-state index in [2.05, 4.69) is 21.2 Å². The van der Waals surface area contributed by atoms with Gasteiger partial charge in [0.25, 0.3) is 10.0 Å². The Morgan fingerprint density at radius 2 is 1.51 bits per heavy atom. The van der Waals surface area contributed by atoms with E-state index in [1.807, 2.05) is 75.4 Å². The van der Waals surface area contributed by atoms with Crippen LogP contribution in [0.4, 0.5) is 5.69 Å². The third-order valence-electron chi connectivity index (χ3n) is 7.19. The zero-order valence-corrected chi connectivity index (χ0v) is 28.2. The Labute approximate surface area is 274 Å². The fourth-order valence-corrected chi connectivity index (χ4v) is 6.74. The molecule has 0 aliphatic rings. The van der Waals surface area contributed by atoms with Crippen LogP contribution in [0, 0.1) is 6.92 Å². The average Bonchev–Trinajstić information content (AvgIpc) is 3.02. The lowest BCUT2D eigenvalue weighted by Gasteiger charge is -2.34. The second kappa shape index (κ2) is 15.2. The molecule has 4 aromatic carbocycles. The van der Waals surface area contributed by atoms with E-state index in [1.165, 1.54) is 24.1 Å². The normalized spacial score (nSPS) is 12.0. The summed E-state index contributed by atoms with van der Waals surface area (Å²) in [5, 5.41) is 2.97. The van der Waals surface area contributed by atoms with Crippen molar-refractivity contribution in [1.29, 1.82) is 0 Å². The van der Waals surface area contributed by atoms with Gasteiger partial charge in [0.15, 0.2) is 0 Å². The number of rotatable bonds is 13. The van der Waals surface area contributed by atoms with E-state index >= 15 is 0 Å². The first-order valence-electron chi connectivity index (χ1n) is 14.6. The molecule has 0 spiro atoms. The van der Waals surface area contributed by atoms with Crippen molar-refractivity contribution in [1.82, 2.24) is 10.2 Å². The average molecular weight is 693 g/mol. The van der Waals surface area contributed by atoms with Gasteiger partial charge in [0.2, 0.25) is 11.8 Å². The van der Waals surface area contributed by atoms with E-state index in [9.17, 15) is 18.0 Å². The van der Waals surface area contributed by atoms with Crippen molar-refractivity contribution >= 4 is 43.5 Å². The van der Waals surface area contributed by atoms with Gasteiger partial charge in [0.05, 0.1) is 17.7 Å². The molecular weight excluding hydrogens is 654 g/mol. The molecule has 0 saturated heterocycles. The quantitative estimate of drug-likeness (QED) is 0.182. The summed E-state index contributed by atoms with van der Waals surface area (Å²) in [5.41, 5.74) is 2.93. The summed E-state index contributed by atoms with van der Waals surface area (Å²) in [6, 6.07) is 28.8. The number of halogens is 1. The Balaban J connectivity index is 1.80. The number of amides is 2. The maximum Gasteiger partial charge on any atom is 0.264 e. The number of ether oxygens (including phenoxy) is 1. The van der Waals surface area contributed by atoms with Gasteiger partial charge < -0.3 is 15.0 Å². The van der Waals surface area contributed by atoms with Gasteiger partial charge in [-0.05, 0) is 80.4 Å². The molecular formula is C35H38BrN3O5S. The van der Waals surface area contributed by atoms with Gasteiger partial charge in [0.1, 0.15) is 18.3 Å². The van der Waals surface area contributed by atoms with Gasteiger partial charge in [-0.2, -0.15) is 0 Å². The number of nitrogens with zero attached hydrogens (tertiary/aromatic N) is 2. The van der Waals surface area contributed by atoms with Crippen LogP contribution >= 0.6 is 15.9 Å². The van der Waals surface area contributed by atoms with Crippen molar-refractivity contribution in [2.24, 2.45) is 0 Å². The molecule has 1 N–H and O–H groups in total. The molecule has 4 rings (SSSR count). The topological polar surface area (TPSA) is 96.0 Å². The number of anilines is 1. The largest absolute Gasteiger partial charge is 0.497 e. The molecule has 0 unspecified atom stereocenters. The summed E-state index contributed by atoms with van der Waals surface area (Å²) in [4.78, 5) is 29.8. The van der Waals surface area contributed by atoms with Crippen LogP contribution in [0.3, 0.4) is 0 Å². The Hall–Kier alpha value is -4.15. The van der Waals surface area contributed by atoms with Gasteiger partial charge >= 0.3 is 0 Å². The zero-order chi connectivity index (χ0) is 32.6. The lowest BCUT2D eigenvalue weighted by Crippen LogP contribution is -2.54. The molecule has 0 aliphatic carbocycles. The first kappa shape index (κ1) is 33.7. The van der Waals surface area contributed by atoms with Gasteiger partial charge in [-0.15, -0.1) is 0 Å². The first-order chi connectivity index (χ1) is 21.5. The molecule has 0 aliphatic heterocycles. The van der Waals surface area contributed by atoms with E-state index < -0.39 is 28.5 Å². The molecule has 45 heavy (non-hydrogen) atoms. The number of benzene rings is 4. The predicted molar refractivity (Wildman–Crippen MR) is 181 cm³/mol. The highest BCUT2D eigenvalue weighted by Gasteiger charge is 2.35. The van der Waals surface area contributed by atoms with Crippen molar-refractivity contribution in [2.75, 3.05) is 18.0 Å². The molecule has 0 bridgehead atoms. The maximum absolute atomic E-state index is 14.5. The van der Waals surface area contributed by atoms with Gasteiger partial charge in [-0.25, -0.2) is 8.42 Å². The summed E-state index contributed by atoms with van der Waals surface area (Å²) in [6.45, 7) is 5.19. The molecule has 236 valence electrons. The van der Waals surface area contributed by atoms with Crippen LogP contribution in [0.5, 0.6) is 5.75 Å². The van der Waals surface area contributed by atoms with Gasteiger partial charge in [-0.1, -0.05) is 76.1 Å². The van der Waals surface area contributed by atoms with Crippen LogP contribution in [0.1, 0.15) is 30.5 Å². The number of carbonyl (C=O) groups excluding carboxylic acids is 2. The molecule has 0 saturated carbocycles. The van der Waals surface area contributed by atoms with Gasteiger partial charge in [-0.3, -0.25) is 13.9 Å². The van der Waals surface area contributed by atoms with Crippen molar-refractivity contribution in [2.45, 2.75) is 50.7 Å². The summed E-state index contributed by atoms with van der Waals surface area (Å²) >= 11 is 3.50. The molecule has 0 heterocycles. The third kappa shape index (κ3) is 8.95. The zero-order valence-electron chi connectivity index (χ0n) is 25.8. The molecule has 0 fully saturated rings. The van der Waals surface area contributed by atoms with E-state index in [-0.39, 0.29) is 29.8 Å². The van der Waals surface area contributed by atoms with Crippen molar-refractivity contribution in [3.05, 3.63) is 124 Å². The van der Waals surface area contributed by atoms with Crippen molar-refractivity contribution in [3.8, 4) is 5.75 Å². The fourth-order valence-electron chi connectivity index (χ4n) is 4.88. The highest BCUT2D eigenvalue weighted by atomic mass is 79.9. The number of carbonyl (C=O) groups is 2. The molecule has 2 amide bonds. The Bertz CT molecular complexity index is 1700. The lowest BCUT2D eigenvalue weighted by atomic mass is 10.0. The molecule has 8 nitrogen and oxygen atoms in total. The van der Waals surface area contributed by atoms with E-state index in [0.717, 1.165) is 25.5 Å². The van der Waals surface area contributed by atoms with Crippen LogP contribution in [0.25, 0.3) is 0 Å². The molecule has 4 aromatic rings. The Morgan fingerprint density at radius 3 is 2.11 bits per heavy atom. The van der Waals surface area contributed by atoms with Crippen LogP contribution < -0.4 is 14.4 Å². The molecule has 0 aromatic heterocycles. The number of sulfonamides is 1. The van der Waals surface area contributed by atoms with E-state index in [1.54, 1.807) is 36.4 Å². The highest BCUT2D eigenvalue weighted by molar-refractivity contribution is 9.10. The van der Waals surface area contributed by atoms with Crippen molar-refractivity contribution in [3.63, 3.8) is 0 Å². The standard InChI is InChI=1S/C35H38BrN3O5S/c1-25(2)37-35(41)33(22-27-9-6-5-7-10-27)38(23-28-11-8-12-29(36)21-28)34(40)24-39(30-15-13-26(3)14-16-30)45(42,43)32-19-17-31(44-4)18-20-32/h5-21,25,33H,22-24H2,1-4H3,(H,37,41)/t33-/m0/s1. The number of aryl methyl sites for hydroxylation is 1. The predicted octanol–water partition coefficient (Wildman–Crippen LogP) is 6.13. The smallest absolute Gasteiger partial charge is 0.264 e. The minimum atomic E-state index is -4.20. The maximum atomic E-state index is 14.5. The third-order valence-corrected chi connectivity index (χ3v) is 9.47. The van der Waals surface area contributed by atoms with Crippen LogP contribution in [0.15, 0.2) is 112 Å². The molecule has 1 atom stereocenters. The van der Waals surface area contributed by atoms with Crippen LogP contribution in [0.2, 0.25) is 0 Å². The second-order valence-corrected chi connectivity index (χ2v) is 13.8. The highest BCUT2D eigenvalue weighted by Crippen LogP contribution is 2.27. The summed E-state index contributed by atoms with van der Waals surface area (Å²) in [6.07, 6.45) is 0.245. The number of hydrogen-bond donors (Lipinski definition) is 1. The second-order valence-electron chi connectivity index (χ2n) is 11.0. The molecule has 0 radical (unpaired) electrons. The Morgan fingerprint density at radius 1 is 0.867 bits per heavy atom. The summed E-state index contributed by atoms with van der Waals surface area (Å²) in [7, 11) is -2.70. The number of hydrogen-bond acceptors (Lipinski definition) is 5. The Kier molecular flexibility index (Phi) is 11.4. The molecule has 10 heteroatoms. The van der Waals surface area contributed by atoms with Crippen LogP contribution in [-0.2, 0) is 32.6 Å². The minimum Gasteiger partial charge on any atom is -0.497 e. The van der Waals surface area contributed by atoms with Crippen molar-refractivity contribution < 1.29 is 22.7 Å². The minimum absolute atomic E-state index is 0.00796. The first-order valence-corrected chi connectivity index (χ1v) is 16.8. The summed E-state index contributed by atoms with van der Waals surface area (Å²) < 4.78 is 35.4. The number of nitrogens with one attached hydrogen (secondary N) is 1. The SMILES string of the molecule is COc1ccc(S(=O)(=O)N(CC(=O)N(Cc2cccc(Br)c2)[C@@H](Cc2ccccc2)C(=O)NC(C)C)c2ccc(C)cc2)cc1.